The highest BCUT2D eigenvalue weighted by Gasteiger charge is 2.68. The van der Waals surface area contributed by atoms with E-state index >= 15 is 0 Å². The minimum absolute atomic E-state index is 0.0571. The van der Waals surface area contributed by atoms with Crippen molar-refractivity contribution < 1.29 is 15.0 Å². The minimum atomic E-state index is -0.857. The van der Waals surface area contributed by atoms with Crippen LogP contribution in [0.3, 0.4) is 0 Å². The van der Waals surface area contributed by atoms with Crippen LogP contribution >= 0.6 is 0 Å². The number of hydrogen-bond donors (Lipinski definition) is 2. The average molecular weight is 403 g/mol. The van der Waals surface area contributed by atoms with Gasteiger partial charge in [0.1, 0.15) is 0 Å². The van der Waals surface area contributed by atoms with Gasteiger partial charge in [0.2, 0.25) is 0 Å². The van der Waals surface area contributed by atoms with E-state index in [1.165, 1.54) is 45.4 Å². The smallest absolute Gasteiger partial charge is 0.158 e. The van der Waals surface area contributed by atoms with Crippen LogP contribution in [-0.4, -0.2) is 28.2 Å². The van der Waals surface area contributed by atoms with E-state index in [1.807, 2.05) is 6.08 Å². The number of aliphatic hydroxyl groups excluding tert-OH is 2. The predicted molar refractivity (Wildman–Crippen MR) is 116 cm³/mol. The Labute approximate surface area is 177 Å². The van der Waals surface area contributed by atoms with Gasteiger partial charge < -0.3 is 10.2 Å². The first-order valence-corrected chi connectivity index (χ1v) is 12.0. The number of aliphatic hydroxyl groups is 2. The molecule has 9 atom stereocenters. The highest BCUT2D eigenvalue weighted by molar-refractivity contribution is 5.94. The van der Waals surface area contributed by atoms with E-state index < -0.39 is 17.6 Å². The summed E-state index contributed by atoms with van der Waals surface area (Å²) in [6, 6.07) is 0. The van der Waals surface area contributed by atoms with Crippen LogP contribution < -0.4 is 0 Å². The number of carbonyl (C=O) groups excluding carboxylic acids is 1. The fraction of sp³-hybridized carbons (Fsp3) is 0.885. The number of Topliss-reactive ketones (excluding diaryl/α,β-unsaturated/α-hetero) is 1. The third kappa shape index (κ3) is 2.65. The molecule has 4 rings (SSSR count). The van der Waals surface area contributed by atoms with Crippen LogP contribution in [0.25, 0.3) is 0 Å². The predicted octanol–water partition coefficient (Wildman–Crippen LogP) is 5.29. The normalized spacial score (nSPS) is 54.6. The molecule has 0 bridgehead atoms. The SMILES string of the molecule is CC[C@@]1(C)CCC[C@]2(C)[C@H]3C[C@H](O)[C@]4(C)[C@@H](O)C(C(C)=O)=CC[C@H]4[C@]3(C)CC[C@@H]12. The maximum atomic E-state index is 12.1. The lowest BCUT2D eigenvalue weighted by Gasteiger charge is -2.70. The Balaban J connectivity index is 1.78. The lowest BCUT2D eigenvalue weighted by Crippen LogP contribution is -2.67. The Morgan fingerprint density at radius 1 is 1.03 bits per heavy atom. The van der Waals surface area contributed by atoms with Crippen molar-refractivity contribution in [1.82, 2.24) is 0 Å². The average Bonchev–Trinajstić information content (AvgIpc) is 2.65. The number of ketones is 1. The molecule has 2 N–H and O–H groups in total. The van der Waals surface area contributed by atoms with Crippen molar-refractivity contribution in [3.05, 3.63) is 11.6 Å². The molecular weight excluding hydrogens is 360 g/mol. The van der Waals surface area contributed by atoms with Gasteiger partial charge in [0.25, 0.3) is 0 Å². The number of hydrogen-bond acceptors (Lipinski definition) is 3. The van der Waals surface area contributed by atoms with Crippen LogP contribution in [0.4, 0.5) is 0 Å². The van der Waals surface area contributed by atoms with Crippen molar-refractivity contribution in [2.75, 3.05) is 0 Å². The van der Waals surface area contributed by atoms with E-state index in [-0.39, 0.29) is 22.5 Å². The van der Waals surface area contributed by atoms with E-state index in [1.54, 1.807) is 0 Å². The second-order valence-corrected chi connectivity index (χ2v) is 12.0. The highest BCUT2D eigenvalue weighted by atomic mass is 16.3. The largest absolute Gasteiger partial charge is 0.392 e. The van der Waals surface area contributed by atoms with Gasteiger partial charge in [-0.1, -0.05) is 53.5 Å². The van der Waals surface area contributed by atoms with Crippen molar-refractivity contribution >= 4 is 5.78 Å². The lowest BCUT2D eigenvalue weighted by molar-refractivity contribution is -0.242. The molecule has 0 spiro atoms. The topological polar surface area (TPSA) is 57.5 Å². The Morgan fingerprint density at radius 3 is 2.31 bits per heavy atom. The standard InChI is InChI=1S/C26H42O3/c1-7-23(3)12-8-13-24(4)18(23)11-14-25(5)19-10-9-17(16(2)27)22(29)26(19,6)21(28)15-20(24)25/h9,18-22,28-29H,7-8,10-15H2,1-6H3/t18-,19-,20+,21-,22-,23-,24-,25-,26+/m0/s1. The molecule has 3 nitrogen and oxygen atoms in total. The Bertz CT molecular complexity index is 727. The van der Waals surface area contributed by atoms with Gasteiger partial charge in [-0.25, -0.2) is 0 Å². The van der Waals surface area contributed by atoms with Crippen molar-refractivity contribution in [3.63, 3.8) is 0 Å². The van der Waals surface area contributed by atoms with Crippen molar-refractivity contribution in [1.29, 1.82) is 0 Å². The molecule has 4 aliphatic rings. The van der Waals surface area contributed by atoms with Crippen LogP contribution in [0, 0.1) is 39.4 Å². The number of allylic oxidation sites excluding steroid dienone is 1. The van der Waals surface area contributed by atoms with Crippen LogP contribution in [0.1, 0.15) is 92.9 Å². The molecule has 0 aromatic rings. The van der Waals surface area contributed by atoms with Gasteiger partial charge >= 0.3 is 0 Å². The summed E-state index contributed by atoms with van der Waals surface area (Å²) >= 11 is 0. The lowest BCUT2D eigenvalue weighted by atomic mass is 9.35. The fourth-order valence-electron chi connectivity index (χ4n) is 9.22. The molecular formula is C26H42O3. The molecule has 0 heterocycles. The molecule has 29 heavy (non-hydrogen) atoms. The molecule has 0 unspecified atom stereocenters. The first-order valence-electron chi connectivity index (χ1n) is 12.0. The molecule has 0 aromatic heterocycles. The summed E-state index contributed by atoms with van der Waals surface area (Å²) in [5.74, 6) is 1.36. The summed E-state index contributed by atoms with van der Waals surface area (Å²) < 4.78 is 0. The van der Waals surface area contributed by atoms with E-state index in [0.717, 1.165) is 18.8 Å². The van der Waals surface area contributed by atoms with Crippen molar-refractivity contribution in [3.8, 4) is 0 Å². The van der Waals surface area contributed by atoms with E-state index in [4.69, 9.17) is 0 Å². The Hall–Kier alpha value is -0.670. The summed E-state index contributed by atoms with van der Waals surface area (Å²) in [6.45, 7) is 13.4. The molecule has 164 valence electrons. The molecule has 0 aromatic carbocycles. The summed E-state index contributed by atoms with van der Waals surface area (Å²) in [7, 11) is 0. The first kappa shape index (κ1) is 21.6. The minimum Gasteiger partial charge on any atom is -0.392 e. The van der Waals surface area contributed by atoms with Gasteiger partial charge in [-0.2, -0.15) is 0 Å². The van der Waals surface area contributed by atoms with Crippen molar-refractivity contribution in [2.24, 2.45) is 39.4 Å². The summed E-state index contributed by atoms with van der Waals surface area (Å²) in [5, 5.41) is 22.7. The number of fused-ring (bicyclic) bond motifs is 5. The summed E-state index contributed by atoms with van der Waals surface area (Å²) in [6.07, 6.45) is 9.71. The van der Waals surface area contributed by atoms with Crippen molar-refractivity contribution in [2.45, 2.75) is 105 Å². The zero-order valence-corrected chi connectivity index (χ0v) is 19.4. The molecule has 0 radical (unpaired) electrons. The summed E-state index contributed by atoms with van der Waals surface area (Å²) in [4.78, 5) is 12.1. The van der Waals surface area contributed by atoms with Crippen LogP contribution in [0.5, 0.6) is 0 Å². The molecule has 0 aliphatic heterocycles. The maximum absolute atomic E-state index is 12.1. The van der Waals surface area contributed by atoms with Crippen LogP contribution in [-0.2, 0) is 4.79 Å². The quantitative estimate of drug-likeness (QED) is 0.659. The second kappa shape index (κ2) is 6.66. The van der Waals surface area contributed by atoms with E-state index in [0.29, 0.717) is 16.9 Å². The molecule has 0 saturated heterocycles. The monoisotopic (exact) mass is 402 g/mol. The fourth-order valence-corrected chi connectivity index (χ4v) is 9.22. The zero-order chi connectivity index (χ0) is 21.4. The van der Waals surface area contributed by atoms with Gasteiger partial charge in [0.05, 0.1) is 12.2 Å². The third-order valence-corrected chi connectivity index (χ3v) is 11.1. The van der Waals surface area contributed by atoms with Gasteiger partial charge in [-0.05, 0) is 79.4 Å². The van der Waals surface area contributed by atoms with E-state index in [9.17, 15) is 15.0 Å². The number of rotatable bonds is 2. The molecule has 3 saturated carbocycles. The molecule has 4 aliphatic carbocycles. The third-order valence-electron chi connectivity index (χ3n) is 11.1. The Kier molecular flexibility index (Phi) is 4.95. The first-order chi connectivity index (χ1) is 13.4. The van der Waals surface area contributed by atoms with E-state index in [2.05, 4.69) is 34.6 Å². The van der Waals surface area contributed by atoms with Gasteiger partial charge in [-0.15, -0.1) is 0 Å². The molecule has 0 amide bonds. The summed E-state index contributed by atoms with van der Waals surface area (Å²) in [5.41, 5.74) is 0.653. The molecule has 3 heteroatoms. The van der Waals surface area contributed by atoms with Crippen LogP contribution in [0.15, 0.2) is 11.6 Å². The zero-order valence-electron chi connectivity index (χ0n) is 19.4. The van der Waals surface area contributed by atoms with Gasteiger partial charge in [-0.3, -0.25) is 4.79 Å². The Morgan fingerprint density at radius 2 is 1.69 bits per heavy atom. The maximum Gasteiger partial charge on any atom is 0.158 e. The van der Waals surface area contributed by atoms with Gasteiger partial charge in [0.15, 0.2) is 5.78 Å². The highest BCUT2D eigenvalue weighted by Crippen LogP contribution is 2.72. The molecule has 3 fully saturated rings. The van der Waals surface area contributed by atoms with Gasteiger partial charge in [0, 0.05) is 11.0 Å². The number of carbonyl (C=O) groups is 1. The second-order valence-electron chi connectivity index (χ2n) is 12.0. The van der Waals surface area contributed by atoms with Crippen LogP contribution in [0.2, 0.25) is 0 Å².